The lowest BCUT2D eigenvalue weighted by atomic mass is 10.1. The van der Waals surface area contributed by atoms with Crippen LogP contribution in [0.15, 0.2) is 11.6 Å². The van der Waals surface area contributed by atoms with E-state index in [9.17, 15) is 4.79 Å². The van der Waals surface area contributed by atoms with Crippen LogP contribution in [0.1, 0.15) is 26.2 Å². The van der Waals surface area contributed by atoms with Crippen LogP contribution in [0.3, 0.4) is 0 Å². The van der Waals surface area contributed by atoms with Crippen molar-refractivity contribution in [2.75, 3.05) is 6.26 Å². The summed E-state index contributed by atoms with van der Waals surface area (Å²) in [5.74, 6) is 0.343. The van der Waals surface area contributed by atoms with Crippen LogP contribution >= 0.6 is 11.8 Å². The fraction of sp³-hybridized carbons (Fsp3) is 0.667. The monoisotopic (exact) mass is 170 g/mol. The summed E-state index contributed by atoms with van der Waals surface area (Å²) in [4.78, 5) is 11.5. The van der Waals surface area contributed by atoms with E-state index in [4.69, 9.17) is 0 Å². The fourth-order valence-electron chi connectivity index (χ4n) is 1.26. The maximum absolute atomic E-state index is 11.5. The molecule has 1 rings (SSSR count). The van der Waals surface area contributed by atoms with Crippen LogP contribution in [-0.4, -0.2) is 17.3 Å². The third-order valence-electron chi connectivity index (χ3n) is 2.08. The molecule has 0 aromatic heterocycles. The van der Waals surface area contributed by atoms with Gasteiger partial charge in [-0.25, -0.2) is 0 Å². The molecule has 2 heteroatoms. The number of carbonyl (C=O) groups is 1. The topological polar surface area (TPSA) is 17.1 Å². The lowest BCUT2D eigenvalue weighted by molar-refractivity contribution is -0.114. The maximum atomic E-state index is 11.5. The van der Waals surface area contributed by atoms with Gasteiger partial charge in [0.05, 0.1) is 5.25 Å². The van der Waals surface area contributed by atoms with E-state index in [-0.39, 0.29) is 5.25 Å². The van der Waals surface area contributed by atoms with Gasteiger partial charge in [0.25, 0.3) is 0 Å². The predicted octanol–water partition coefficient (Wildman–Crippen LogP) is 2.42. The van der Waals surface area contributed by atoms with E-state index in [0.29, 0.717) is 5.78 Å². The number of allylic oxidation sites excluding steroid dienone is 2. The van der Waals surface area contributed by atoms with Crippen molar-refractivity contribution in [2.45, 2.75) is 31.4 Å². The standard InChI is InChI=1S/C9H14OS/c1-7(11-2)9(10)8-5-3-4-6-8/h5,7H,3-4,6H2,1-2H3. The molecule has 0 saturated carbocycles. The molecule has 1 aliphatic rings. The average Bonchev–Trinajstić information content (AvgIpc) is 2.53. The molecule has 0 amide bonds. The smallest absolute Gasteiger partial charge is 0.171 e. The van der Waals surface area contributed by atoms with Crippen LogP contribution < -0.4 is 0 Å². The summed E-state index contributed by atoms with van der Waals surface area (Å²) in [6.07, 6.45) is 7.35. The van der Waals surface area contributed by atoms with Crippen LogP contribution in [0.25, 0.3) is 0 Å². The van der Waals surface area contributed by atoms with Crippen LogP contribution in [0.4, 0.5) is 0 Å². The minimum Gasteiger partial charge on any atom is -0.293 e. The Morgan fingerprint density at radius 2 is 2.45 bits per heavy atom. The van der Waals surface area contributed by atoms with Gasteiger partial charge in [0.2, 0.25) is 0 Å². The molecule has 0 spiro atoms. The Morgan fingerprint density at radius 1 is 1.73 bits per heavy atom. The summed E-state index contributed by atoms with van der Waals surface area (Å²) in [5.41, 5.74) is 1.06. The SMILES string of the molecule is CSC(C)C(=O)C1=CCCC1. The molecule has 11 heavy (non-hydrogen) atoms. The highest BCUT2D eigenvalue weighted by atomic mass is 32.2. The number of hydrogen-bond acceptors (Lipinski definition) is 2. The highest BCUT2D eigenvalue weighted by molar-refractivity contribution is 7.99. The molecule has 0 saturated heterocycles. The summed E-state index contributed by atoms with van der Waals surface area (Å²) in [5, 5.41) is 0.152. The Kier molecular flexibility index (Phi) is 3.18. The summed E-state index contributed by atoms with van der Waals surface area (Å²) < 4.78 is 0. The Bertz CT molecular complexity index is 184. The molecule has 0 bridgehead atoms. The van der Waals surface area contributed by atoms with Gasteiger partial charge < -0.3 is 0 Å². The first-order chi connectivity index (χ1) is 5.25. The molecule has 1 aliphatic carbocycles. The van der Waals surface area contributed by atoms with Gasteiger partial charge >= 0.3 is 0 Å². The minimum atomic E-state index is 0.152. The van der Waals surface area contributed by atoms with Gasteiger partial charge in [0.1, 0.15) is 0 Å². The maximum Gasteiger partial charge on any atom is 0.171 e. The van der Waals surface area contributed by atoms with E-state index < -0.39 is 0 Å². The molecule has 62 valence electrons. The van der Waals surface area contributed by atoms with Crippen LogP contribution in [-0.2, 0) is 4.79 Å². The summed E-state index contributed by atoms with van der Waals surface area (Å²) in [6.45, 7) is 1.98. The number of ketones is 1. The number of carbonyl (C=O) groups excluding carboxylic acids is 1. The second-order valence-electron chi connectivity index (χ2n) is 2.86. The van der Waals surface area contributed by atoms with Crippen molar-refractivity contribution in [1.29, 1.82) is 0 Å². The van der Waals surface area contributed by atoms with Gasteiger partial charge in [-0.2, -0.15) is 11.8 Å². The quantitative estimate of drug-likeness (QED) is 0.647. The van der Waals surface area contributed by atoms with Crippen molar-refractivity contribution in [3.05, 3.63) is 11.6 Å². The molecule has 1 unspecified atom stereocenters. The van der Waals surface area contributed by atoms with E-state index >= 15 is 0 Å². The normalized spacial score (nSPS) is 19.6. The van der Waals surface area contributed by atoms with Gasteiger partial charge in [-0.05, 0) is 38.0 Å². The molecule has 0 fully saturated rings. The second-order valence-corrected chi connectivity index (χ2v) is 4.04. The van der Waals surface area contributed by atoms with E-state index in [1.54, 1.807) is 11.8 Å². The molecule has 1 atom stereocenters. The highest BCUT2D eigenvalue weighted by Crippen LogP contribution is 2.22. The molecule has 0 N–H and O–H groups in total. The van der Waals surface area contributed by atoms with Crippen molar-refractivity contribution in [2.24, 2.45) is 0 Å². The van der Waals surface area contributed by atoms with E-state index in [1.807, 2.05) is 13.2 Å². The van der Waals surface area contributed by atoms with Crippen molar-refractivity contribution >= 4 is 17.5 Å². The van der Waals surface area contributed by atoms with Crippen molar-refractivity contribution in [3.63, 3.8) is 0 Å². The highest BCUT2D eigenvalue weighted by Gasteiger charge is 2.18. The zero-order valence-corrected chi connectivity index (χ0v) is 7.91. The largest absolute Gasteiger partial charge is 0.293 e. The molecule has 1 nitrogen and oxygen atoms in total. The minimum absolute atomic E-state index is 0.152. The third-order valence-corrected chi connectivity index (χ3v) is 3.00. The van der Waals surface area contributed by atoms with Gasteiger partial charge in [-0.3, -0.25) is 4.79 Å². The Morgan fingerprint density at radius 3 is 2.91 bits per heavy atom. The number of thioether (sulfide) groups is 1. The Balaban J connectivity index is 2.53. The number of rotatable bonds is 3. The van der Waals surface area contributed by atoms with E-state index in [0.717, 1.165) is 18.4 Å². The number of Topliss-reactive ketones (excluding diaryl/α,β-unsaturated/α-hetero) is 1. The van der Waals surface area contributed by atoms with Crippen LogP contribution in [0, 0.1) is 0 Å². The van der Waals surface area contributed by atoms with Crippen molar-refractivity contribution in [3.8, 4) is 0 Å². The first-order valence-electron chi connectivity index (χ1n) is 4.01. The zero-order valence-electron chi connectivity index (χ0n) is 7.09. The first-order valence-corrected chi connectivity index (χ1v) is 5.30. The second kappa shape index (κ2) is 3.96. The Labute approximate surface area is 72.2 Å². The molecule has 0 aromatic carbocycles. The van der Waals surface area contributed by atoms with Gasteiger partial charge in [0, 0.05) is 0 Å². The average molecular weight is 170 g/mol. The predicted molar refractivity (Wildman–Crippen MR) is 49.9 cm³/mol. The van der Waals surface area contributed by atoms with Gasteiger partial charge in [-0.15, -0.1) is 0 Å². The van der Waals surface area contributed by atoms with Crippen molar-refractivity contribution < 1.29 is 4.79 Å². The first kappa shape index (κ1) is 8.85. The lowest BCUT2D eigenvalue weighted by Gasteiger charge is -2.06. The molecule has 0 aliphatic heterocycles. The lowest BCUT2D eigenvalue weighted by Crippen LogP contribution is -2.14. The van der Waals surface area contributed by atoms with Crippen LogP contribution in [0.2, 0.25) is 0 Å². The van der Waals surface area contributed by atoms with E-state index in [1.165, 1.54) is 6.42 Å². The molecule has 0 radical (unpaired) electrons. The fourth-order valence-corrected chi connectivity index (χ4v) is 1.63. The summed E-state index contributed by atoms with van der Waals surface area (Å²) in [6, 6.07) is 0. The summed E-state index contributed by atoms with van der Waals surface area (Å²) >= 11 is 1.63. The zero-order chi connectivity index (χ0) is 8.27. The number of hydrogen-bond donors (Lipinski definition) is 0. The molecule has 0 heterocycles. The van der Waals surface area contributed by atoms with Gasteiger partial charge in [-0.1, -0.05) is 6.08 Å². The van der Waals surface area contributed by atoms with Gasteiger partial charge in [0.15, 0.2) is 5.78 Å². The summed E-state index contributed by atoms with van der Waals surface area (Å²) in [7, 11) is 0. The van der Waals surface area contributed by atoms with E-state index in [2.05, 4.69) is 6.08 Å². The molecule has 0 aromatic rings. The molecular formula is C9H14OS. The third kappa shape index (κ3) is 2.09. The Hall–Kier alpha value is -0.240. The van der Waals surface area contributed by atoms with Crippen LogP contribution in [0.5, 0.6) is 0 Å². The van der Waals surface area contributed by atoms with Crippen molar-refractivity contribution in [1.82, 2.24) is 0 Å². The molecular weight excluding hydrogens is 156 g/mol.